The number of imidazole rings is 1. The summed E-state index contributed by atoms with van der Waals surface area (Å²) in [5.74, 6) is 0.605. The molecule has 1 aromatic heterocycles. The van der Waals surface area contributed by atoms with Crippen LogP contribution in [0, 0.1) is 13.0 Å². The van der Waals surface area contributed by atoms with Gasteiger partial charge in [0.25, 0.3) is 0 Å². The van der Waals surface area contributed by atoms with Gasteiger partial charge in [0.2, 0.25) is 0 Å². The standard InChI is InChI=1S/C10H8F3N2/c1-6-14-8-4-2-3-7(9(8)15-6)5-10(11,12)13/h2,4H,5H2,1H3,(H,14,15). The van der Waals surface area contributed by atoms with Gasteiger partial charge in [0.15, 0.2) is 0 Å². The van der Waals surface area contributed by atoms with Crippen molar-refractivity contribution in [2.24, 2.45) is 0 Å². The van der Waals surface area contributed by atoms with Gasteiger partial charge in [-0.25, -0.2) is 4.98 Å². The summed E-state index contributed by atoms with van der Waals surface area (Å²) in [7, 11) is 0. The molecule has 0 aliphatic rings. The fraction of sp³-hybridized carbons (Fsp3) is 0.300. The summed E-state index contributed by atoms with van der Waals surface area (Å²) in [6.07, 6.45) is -5.22. The van der Waals surface area contributed by atoms with Gasteiger partial charge < -0.3 is 4.98 Å². The smallest absolute Gasteiger partial charge is 0.342 e. The van der Waals surface area contributed by atoms with Crippen molar-refractivity contribution in [3.8, 4) is 0 Å². The second kappa shape index (κ2) is 3.25. The number of aromatic nitrogens is 2. The third-order valence-electron chi connectivity index (χ3n) is 2.02. The molecule has 0 atom stereocenters. The minimum atomic E-state index is -4.22. The Kier molecular flexibility index (Phi) is 2.17. The van der Waals surface area contributed by atoms with Gasteiger partial charge in [-0.1, -0.05) is 6.07 Å². The Labute approximate surface area is 84.1 Å². The van der Waals surface area contributed by atoms with E-state index in [1.807, 2.05) is 0 Å². The van der Waals surface area contributed by atoms with Gasteiger partial charge in [-0.3, -0.25) is 0 Å². The summed E-state index contributed by atoms with van der Waals surface area (Å²) < 4.78 is 36.7. The number of halogens is 3. The summed E-state index contributed by atoms with van der Waals surface area (Å²) in [5.41, 5.74) is 1.06. The summed E-state index contributed by atoms with van der Waals surface area (Å²) in [6, 6.07) is 5.71. The van der Waals surface area contributed by atoms with E-state index in [1.54, 1.807) is 13.0 Å². The maximum atomic E-state index is 12.2. The molecule has 0 saturated heterocycles. The predicted molar refractivity (Wildman–Crippen MR) is 49.4 cm³/mol. The maximum Gasteiger partial charge on any atom is 0.393 e. The van der Waals surface area contributed by atoms with E-state index in [-0.39, 0.29) is 5.56 Å². The van der Waals surface area contributed by atoms with Crippen molar-refractivity contribution in [2.75, 3.05) is 0 Å². The number of alkyl halides is 3. The van der Waals surface area contributed by atoms with Crippen molar-refractivity contribution in [1.29, 1.82) is 0 Å². The van der Waals surface area contributed by atoms with Gasteiger partial charge in [-0.05, 0) is 24.6 Å². The molecule has 0 saturated carbocycles. The number of aromatic amines is 1. The molecule has 1 N–H and O–H groups in total. The Morgan fingerprint density at radius 1 is 1.47 bits per heavy atom. The van der Waals surface area contributed by atoms with Crippen LogP contribution in [0.15, 0.2) is 12.1 Å². The van der Waals surface area contributed by atoms with Crippen LogP contribution in [0.2, 0.25) is 0 Å². The second-order valence-electron chi connectivity index (χ2n) is 3.33. The lowest BCUT2D eigenvalue weighted by Gasteiger charge is -2.05. The molecule has 2 aromatic rings. The average molecular weight is 213 g/mol. The zero-order valence-electron chi connectivity index (χ0n) is 7.94. The molecule has 5 heteroatoms. The predicted octanol–water partition coefficient (Wildman–Crippen LogP) is 2.78. The molecule has 0 aliphatic heterocycles. The normalized spacial score (nSPS) is 12.3. The molecular weight excluding hydrogens is 205 g/mol. The third-order valence-corrected chi connectivity index (χ3v) is 2.02. The lowest BCUT2D eigenvalue weighted by Crippen LogP contribution is -2.11. The third kappa shape index (κ3) is 2.11. The molecule has 15 heavy (non-hydrogen) atoms. The van der Waals surface area contributed by atoms with E-state index in [0.29, 0.717) is 16.9 Å². The minimum absolute atomic E-state index is 0.0874. The molecule has 0 unspecified atom stereocenters. The molecule has 0 bridgehead atoms. The fourth-order valence-corrected chi connectivity index (χ4v) is 1.49. The SMILES string of the molecule is Cc1nc2c(CC(F)(F)F)[c]ccc2[nH]1. The highest BCUT2D eigenvalue weighted by molar-refractivity contribution is 5.78. The highest BCUT2D eigenvalue weighted by atomic mass is 19.4. The molecule has 2 rings (SSSR count). The molecule has 1 heterocycles. The van der Waals surface area contributed by atoms with Crippen molar-refractivity contribution in [3.05, 3.63) is 29.6 Å². The lowest BCUT2D eigenvalue weighted by molar-refractivity contribution is -0.127. The Bertz CT molecular complexity index is 485. The first-order chi connectivity index (χ1) is 6.96. The molecule has 79 valence electrons. The minimum Gasteiger partial charge on any atom is -0.342 e. The number of benzene rings is 1. The molecule has 2 nitrogen and oxygen atoms in total. The fourth-order valence-electron chi connectivity index (χ4n) is 1.49. The molecule has 0 amide bonds. The van der Waals surface area contributed by atoms with Crippen molar-refractivity contribution in [1.82, 2.24) is 9.97 Å². The Morgan fingerprint density at radius 3 is 2.87 bits per heavy atom. The maximum absolute atomic E-state index is 12.2. The highest BCUT2D eigenvalue weighted by Gasteiger charge is 2.29. The Morgan fingerprint density at radius 2 is 2.20 bits per heavy atom. The molecule has 0 aliphatic carbocycles. The quantitative estimate of drug-likeness (QED) is 0.775. The Hall–Kier alpha value is -1.52. The van der Waals surface area contributed by atoms with Gasteiger partial charge in [0.1, 0.15) is 5.82 Å². The number of nitrogens with zero attached hydrogens (tertiary/aromatic N) is 1. The van der Waals surface area contributed by atoms with E-state index in [4.69, 9.17) is 0 Å². The topological polar surface area (TPSA) is 28.7 Å². The summed E-state index contributed by atoms with van der Waals surface area (Å²) in [6.45, 7) is 1.71. The van der Waals surface area contributed by atoms with E-state index in [1.165, 1.54) is 6.07 Å². The first-order valence-corrected chi connectivity index (χ1v) is 4.38. The van der Waals surface area contributed by atoms with E-state index < -0.39 is 12.6 Å². The molecule has 0 fully saturated rings. The van der Waals surface area contributed by atoms with Gasteiger partial charge in [-0.2, -0.15) is 13.2 Å². The van der Waals surface area contributed by atoms with Crippen molar-refractivity contribution in [3.63, 3.8) is 0 Å². The van der Waals surface area contributed by atoms with Gasteiger partial charge in [0, 0.05) is 0 Å². The van der Waals surface area contributed by atoms with Crippen LogP contribution >= 0.6 is 0 Å². The monoisotopic (exact) mass is 213 g/mol. The number of aryl methyl sites for hydroxylation is 1. The molecule has 1 radical (unpaired) electrons. The van der Waals surface area contributed by atoms with Crippen LogP contribution in [0.1, 0.15) is 11.4 Å². The van der Waals surface area contributed by atoms with E-state index in [2.05, 4.69) is 16.0 Å². The van der Waals surface area contributed by atoms with E-state index in [0.717, 1.165) is 0 Å². The number of fused-ring (bicyclic) bond motifs is 1. The van der Waals surface area contributed by atoms with Crippen LogP contribution in [0.5, 0.6) is 0 Å². The molecule has 0 spiro atoms. The van der Waals surface area contributed by atoms with Gasteiger partial charge in [0.05, 0.1) is 17.5 Å². The first-order valence-electron chi connectivity index (χ1n) is 4.38. The number of hydrogen-bond donors (Lipinski definition) is 1. The summed E-state index contributed by atoms with van der Waals surface area (Å²) in [4.78, 5) is 6.90. The average Bonchev–Trinajstić information content (AvgIpc) is 2.43. The van der Waals surface area contributed by atoms with Crippen molar-refractivity contribution in [2.45, 2.75) is 19.5 Å². The van der Waals surface area contributed by atoms with Gasteiger partial charge in [-0.15, -0.1) is 0 Å². The van der Waals surface area contributed by atoms with Crippen molar-refractivity contribution >= 4 is 11.0 Å². The largest absolute Gasteiger partial charge is 0.393 e. The summed E-state index contributed by atoms with van der Waals surface area (Å²) >= 11 is 0. The van der Waals surface area contributed by atoms with E-state index in [9.17, 15) is 13.2 Å². The highest BCUT2D eigenvalue weighted by Crippen LogP contribution is 2.25. The number of nitrogens with one attached hydrogen (secondary N) is 1. The van der Waals surface area contributed by atoms with Crippen LogP contribution in [0.4, 0.5) is 13.2 Å². The van der Waals surface area contributed by atoms with Crippen LogP contribution in [-0.4, -0.2) is 16.1 Å². The van der Waals surface area contributed by atoms with Crippen LogP contribution in [0.3, 0.4) is 0 Å². The number of H-pyrrole nitrogens is 1. The van der Waals surface area contributed by atoms with Crippen LogP contribution in [0.25, 0.3) is 11.0 Å². The van der Waals surface area contributed by atoms with Crippen LogP contribution in [-0.2, 0) is 6.42 Å². The molecule has 1 aromatic carbocycles. The van der Waals surface area contributed by atoms with Crippen LogP contribution < -0.4 is 0 Å². The number of hydrogen-bond acceptors (Lipinski definition) is 1. The lowest BCUT2D eigenvalue weighted by atomic mass is 10.1. The Balaban J connectivity index is 2.51. The zero-order valence-corrected chi connectivity index (χ0v) is 7.94. The van der Waals surface area contributed by atoms with E-state index >= 15 is 0 Å². The number of rotatable bonds is 1. The second-order valence-corrected chi connectivity index (χ2v) is 3.33. The summed E-state index contributed by atoms with van der Waals surface area (Å²) in [5, 5.41) is 0. The zero-order chi connectivity index (χ0) is 11.1. The van der Waals surface area contributed by atoms with Gasteiger partial charge >= 0.3 is 6.18 Å². The van der Waals surface area contributed by atoms with Crippen molar-refractivity contribution < 1.29 is 13.2 Å². The first kappa shape index (κ1) is 10.0. The molecular formula is C10H8F3N2.